The third-order valence-corrected chi connectivity index (χ3v) is 6.68. The maximum absolute atomic E-state index is 3.81. The Labute approximate surface area is 165 Å². The van der Waals surface area contributed by atoms with Gasteiger partial charge in [0.1, 0.15) is 0 Å². The van der Waals surface area contributed by atoms with Crippen molar-refractivity contribution in [2.75, 3.05) is 5.32 Å². The second-order valence-electron chi connectivity index (χ2n) is 8.86. The summed E-state index contributed by atoms with van der Waals surface area (Å²) in [6.45, 7) is 4.76. The standard InChI is InChI=1S/C26H33N/c1-20-15-17-26(2,18-16-20)22-10-8-9-21(19-22)24-13-6-7-14-25(24)27-23-11-4-3-5-12-23/h3-6,10-13,15,17,19-20,24-25,27H,7-9,14,16,18H2,1-2H3. The highest BCUT2D eigenvalue weighted by molar-refractivity contribution is 5.46. The minimum Gasteiger partial charge on any atom is -0.381 e. The summed E-state index contributed by atoms with van der Waals surface area (Å²) in [5.41, 5.74) is 4.62. The lowest BCUT2D eigenvalue weighted by molar-refractivity contribution is 0.395. The Bertz CT molecular complexity index is 767. The number of rotatable bonds is 4. The van der Waals surface area contributed by atoms with Gasteiger partial charge in [-0.2, -0.15) is 0 Å². The molecule has 4 atom stereocenters. The molecule has 0 saturated heterocycles. The Hall–Kier alpha value is -2.02. The van der Waals surface area contributed by atoms with Crippen molar-refractivity contribution >= 4 is 5.69 Å². The molecule has 1 heteroatoms. The van der Waals surface area contributed by atoms with Crippen molar-refractivity contribution < 1.29 is 0 Å². The molecule has 1 N–H and O–H groups in total. The van der Waals surface area contributed by atoms with Gasteiger partial charge in [0.25, 0.3) is 0 Å². The normalized spacial score (nSPS) is 33.3. The van der Waals surface area contributed by atoms with Crippen LogP contribution in [0, 0.1) is 17.3 Å². The number of anilines is 1. The van der Waals surface area contributed by atoms with Crippen molar-refractivity contribution in [3.63, 3.8) is 0 Å². The fourth-order valence-corrected chi connectivity index (χ4v) is 4.84. The van der Waals surface area contributed by atoms with E-state index in [-0.39, 0.29) is 5.41 Å². The molecule has 4 rings (SSSR count). The first kappa shape index (κ1) is 18.3. The number of hydrogen-bond acceptors (Lipinski definition) is 1. The maximum Gasteiger partial charge on any atom is 0.0364 e. The molecular weight excluding hydrogens is 326 g/mol. The molecule has 0 heterocycles. The third kappa shape index (κ3) is 4.13. The highest BCUT2D eigenvalue weighted by atomic mass is 14.9. The first-order chi connectivity index (χ1) is 13.1. The molecule has 142 valence electrons. The molecule has 0 spiro atoms. The van der Waals surface area contributed by atoms with Crippen molar-refractivity contribution in [1.82, 2.24) is 0 Å². The lowest BCUT2D eigenvalue weighted by Crippen LogP contribution is -2.32. The van der Waals surface area contributed by atoms with Crippen LogP contribution in [0.4, 0.5) is 5.69 Å². The Morgan fingerprint density at radius 2 is 1.89 bits per heavy atom. The highest BCUT2D eigenvalue weighted by Gasteiger charge is 2.32. The van der Waals surface area contributed by atoms with Crippen LogP contribution in [0.15, 0.2) is 77.9 Å². The minimum atomic E-state index is 0.221. The predicted molar refractivity (Wildman–Crippen MR) is 117 cm³/mol. The topological polar surface area (TPSA) is 12.0 Å². The first-order valence-electron chi connectivity index (χ1n) is 10.7. The third-order valence-electron chi connectivity index (χ3n) is 6.68. The Balaban J connectivity index is 1.56. The van der Waals surface area contributed by atoms with Gasteiger partial charge in [0.15, 0.2) is 0 Å². The Morgan fingerprint density at radius 1 is 1.04 bits per heavy atom. The maximum atomic E-state index is 3.81. The molecule has 1 aromatic rings. The van der Waals surface area contributed by atoms with Crippen LogP contribution in [0.5, 0.6) is 0 Å². The van der Waals surface area contributed by atoms with Gasteiger partial charge in [-0.1, -0.05) is 74.1 Å². The van der Waals surface area contributed by atoms with Gasteiger partial charge >= 0.3 is 0 Å². The number of benzene rings is 1. The molecule has 0 fully saturated rings. The van der Waals surface area contributed by atoms with Gasteiger partial charge in [0.05, 0.1) is 0 Å². The molecule has 0 aromatic heterocycles. The van der Waals surface area contributed by atoms with Crippen LogP contribution in [-0.2, 0) is 0 Å². The van der Waals surface area contributed by atoms with Crippen molar-refractivity contribution in [1.29, 1.82) is 0 Å². The van der Waals surface area contributed by atoms with E-state index < -0.39 is 0 Å². The molecule has 3 aliphatic rings. The molecule has 1 aromatic carbocycles. The average Bonchev–Trinajstić information content (AvgIpc) is 2.72. The number of para-hydroxylation sites is 1. The molecule has 4 unspecified atom stereocenters. The van der Waals surface area contributed by atoms with Gasteiger partial charge in [-0.15, -0.1) is 0 Å². The van der Waals surface area contributed by atoms with Gasteiger partial charge in [0.2, 0.25) is 0 Å². The molecule has 0 amide bonds. The van der Waals surface area contributed by atoms with Crippen molar-refractivity contribution in [3.05, 3.63) is 77.9 Å². The van der Waals surface area contributed by atoms with Crippen molar-refractivity contribution in [2.24, 2.45) is 17.3 Å². The highest BCUT2D eigenvalue weighted by Crippen LogP contribution is 2.43. The molecule has 27 heavy (non-hydrogen) atoms. The molecule has 0 aliphatic heterocycles. The van der Waals surface area contributed by atoms with Gasteiger partial charge in [-0.3, -0.25) is 0 Å². The zero-order chi connectivity index (χ0) is 18.7. The first-order valence-corrected chi connectivity index (χ1v) is 10.7. The fraction of sp³-hybridized carbons (Fsp3) is 0.462. The summed E-state index contributed by atoms with van der Waals surface area (Å²) < 4.78 is 0. The summed E-state index contributed by atoms with van der Waals surface area (Å²) in [4.78, 5) is 0. The van der Waals surface area contributed by atoms with E-state index >= 15 is 0 Å². The van der Waals surface area contributed by atoms with Crippen LogP contribution in [0.1, 0.15) is 52.4 Å². The van der Waals surface area contributed by atoms with E-state index in [2.05, 4.69) is 86.0 Å². The summed E-state index contributed by atoms with van der Waals surface area (Å²) in [6, 6.07) is 11.2. The van der Waals surface area contributed by atoms with Crippen LogP contribution in [0.3, 0.4) is 0 Å². The SMILES string of the molecule is CC1C=CC(C)(C2=CCCC(C3C=CCCC3Nc3ccccc3)=C2)CC1. The van der Waals surface area contributed by atoms with Crippen LogP contribution >= 0.6 is 0 Å². The largest absolute Gasteiger partial charge is 0.381 e. The molecule has 0 saturated carbocycles. The molecule has 0 bridgehead atoms. The lowest BCUT2D eigenvalue weighted by Gasteiger charge is -2.37. The summed E-state index contributed by atoms with van der Waals surface area (Å²) in [7, 11) is 0. The van der Waals surface area contributed by atoms with Crippen molar-refractivity contribution in [3.8, 4) is 0 Å². The summed E-state index contributed by atoms with van der Waals surface area (Å²) in [5, 5.41) is 3.81. The zero-order valence-electron chi connectivity index (χ0n) is 16.8. The van der Waals surface area contributed by atoms with Crippen LogP contribution in [0.2, 0.25) is 0 Å². The number of hydrogen-bond donors (Lipinski definition) is 1. The van der Waals surface area contributed by atoms with E-state index in [9.17, 15) is 0 Å². The van der Waals surface area contributed by atoms with E-state index in [0.717, 1.165) is 5.92 Å². The van der Waals surface area contributed by atoms with E-state index in [4.69, 9.17) is 0 Å². The monoisotopic (exact) mass is 359 g/mol. The molecule has 1 nitrogen and oxygen atoms in total. The van der Waals surface area contributed by atoms with Crippen LogP contribution < -0.4 is 5.32 Å². The van der Waals surface area contributed by atoms with E-state index in [1.807, 2.05) is 0 Å². The molecular formula is C26H33N. The van der Waals surface area contributed by atoms with Crippen LogP contribution in [0.25, 0.3) is 0 Å². The van der Waals surface area contributed by atoms with Crippen molar-refractivity contribution in [2.45, 2.75) is 58.4 Å². The second-order valence-corrected chi connectivity index (χ2v) is 8.86. The van der Waals surface area contributed by atoms with Crippen LogP contribution in [-0.4, -0.2) is 6.04 Å². The van der Waals surface area contributed by atoms with E-state index in [0.29, 0.717) is 12.0 Å². The molecule has 0 radical (unpaired) electrons. The smallest absolute Gasteiger partial charge is 0.0364 e. The zero-order valence-corrected chi connectivity index (χ0v) is 16.8. The van der Waals surface area contributed by atoms with E-state index in [1.54, 1.807) is 11.1 Å². The Kier molecular flexibility index (Phi) is 5.38. The lowest BCUT2D eigenvalue weighted by atomic mass is 9.69. The summed E-state index contributed by atoms with van der Waals surface area (Å²) >= 11 is 0. The summed E-state index contributed by atoms with van der Waals surface area (Å²) in [5.74, 6) is 1.24. The summed E-state index contributed by atoms with van der Waals surface area (Å²) in [6.07, 6.45) is 22.1. The molecule has 3 aliphatic carbocycles. The number of allylic oxidation sites excluding steroid dienone is 6. The van der Waals surface area contributed by atoms with Gasteiger partial charge in [-0.05, 0) is 62.1 Å². The van der Waals surface area contributed by atoms with Gasteiger partial charge in [-0.25, -0.2) is 0 Å². The number of nitrogens with one attached hydrogen (secondary N) is 1. The minimum absolute atomic E-state index is 0.221. The van der Waals surface area contributed by atoms with E-state index in [1.165, 1.54) is 44.2 Å². The Morgan fingerprint density at radius 3 is 2.67 bits per heavy atom. The average molecular weight is 360 g/mol. The fourth-order valence-electron chi connectivity index (χ4n) is 4.84. The van der Waals surface area contributed by atoms with Gasteiger partial charge < -0.3 is 5.32 Å². The van der Waals surface area contributed by atoms with Gasteiger partial charge in [0, 0.05) is 23.1 Å². The quantitative estimate of drug-likeness (QED) is 0.567. The second kappa shape index (κ2) is 7.92. The predicted octanol–water partition coefficient (Wildman–Crippen LogP) is 7.07.